The lowest BCUT2D eigenvalue weighted by Gasteiger charge is -2.41. The molecule has 1 aromatic heterocycles. The zero-order chi connectivity index (χ0) is 18.1. The monoisotopic (exact) mass is 374 g/mol. The van der Waals surface area contributed by atoms with Crippen molar-refractivity contribution in [3.8, 4) is 0 Å². The van der Waals surface area contributed by atoms with Crippen molar-refractivity contribution in [3.63, 3.8) is 0 Å². The molecule has 1 atom stereocenters. The van der Waals surface area contributed by atoms with Crippen LogP contribution in [-0.2, 0) is 4.79 Å². The third-order valence-corrected chi connectivity index (χ3v) is 7.73. The van der Waals surface area contributed by atoms with E-state index in [1.807, 2.05) is 23.3 Å². The van der Waals surface area contributed by atoms with Crippen molar-refractivity contribution < 1.29 is 9.59 Å². The van der Waals surface area contributed by atoms with Gasteiger partial charge >= 0.3 is 0 Å². The number of hydrogen-bond acceptors (Lipinski definition) is 3. The summed E-state index contributed by atoms with van der Waals surface area (Å²) in [6, 6.07) is 2.00. The topological polar surface area (TPSA) is 40.6 Å². The van der Waals surface area contributed by atoms with E-state index in [9.17, 15) is 9.59 Å². The number of carbonyl (C=O) groups is 2. The van der Waals surface area contributed by atoms with E-state index < -0.39 is 0 Å². The van der Waals surface area contributed by atoms with Crippen LogP contribution in [0.4, 0.5) is 0 Å². The normalized spacial score (nSPS) is 27.5. The number of carbonyl (C=O) groups excluding carboxylic acids is 2. The van der Waals surface area contributed by atoms with Crippen LogP contribution < -0.4 is 0 Å². The van der Waals surface area contributed by atoms with Crippen LogP contribution in [0.15, 0.2) is 11.4 Å². The molecule has 0 bridgehead atoms. The van der Waals surface area contributed by atoms with Crippen molar-refractivity contribution in [2.75, 3.05) is 26.2 Å². The van der Waals surface area contributed by atoms with Crippen molar-refractivity contribution in [3.05, 3.63) is 21.9 Å². The van der Waals surface area contributed by atoms with E-state index in [4.69, 9.17) is 0 Å². The predicted molar refractivity (Wildman–Crippen MR) is 104 cm³/mol. The van der Waals surface area contributed by atoms with E-state index >= 15 is 0 Å². The fourth-order valence-corrected chi connectivity index (χ4v) is 6.06. The molecule has 0 radical (unpaired) electrons. The summed E-state index contributed by atoms with van der Waals surface area (Å²) in [5, 5.41) is 1.98. The maximum atomic E-state index is 13.3. The Morgan fingerprint density at radius 2 is 2.00 bits per heavy atom. The molecule has 2 amide bonds. The first-order chi connectivity index (χ1) is 12.6. The summed E-state index contributed by atoms with van der Waals surface area (Å²) in [5.74, 6) is 1.13. The minimum atomic E-state index is -0.312. The first-order valence-electron chi connectivity index (χ1n) is 10.2. The Kier molecular flexibility index (Phi) is 5.09. The van der Waals surface area contributed by atoms with Crippen LogP contribution in [-0.4, -0.2) is 47.8 Å². The summed E-state index contributed by atoms with van der Waals surface area (Å²) in [5.41, 5.74) is 0.739. The summed E-state index contributed by atoms with van der Waals surface area (Å²) < 4.78 is 0. The highest BCUT2D eigenvalue weighted by atomic mass is 32.1. The van der Waals surface area contributed by atoms with E-state index in [2.05, 4.69) is 4.90 Å². The largest absolute Gasteiger partial charge is 0.342 e. The standard InChI is InChI=1S/C21H30N2O2S/c1-16-8-13-26-18(16)19(24)23-12-10-21(15-23)9-5-11-22(20(21)25)14-17-6-3-2-4-7-17/h8,13,17H,2-7,9-12,14-15H2,1H3. The summed E-state index contributed by atoms with van der Waals surface area (Å²) >= 11 is 1.52. The van der Waals surface area contributed by atoms with Gasteiger partial charge in [0.25, 0.3) is 5.91 Å². The van der Waals surface area contributed by atoms with Gasteiger partial charge in [-0.3, -0.25) is 9.59 Å². The molecule has 3 heterocycles. The second-order valence-corrected chi connectivity index (χ2v) is 9.46. The molecule has 0 aromatic carbocycles. The Labute approximate surface area is 160 Å². The number of likely N-dealkylation sites (tertiary alicyclic amines) is 2. The predicted octanol–water partition coefficient (Wildman–Crippen LogP) is 4.09. The van der Waals surface area contributed by atoms with Crippen LogP contribution in [0, 0.1) is 18.3 Å². The van der Waals surface area contributed by atoms with E-state index in [0.717, 1.165) is 49.3 Å². The van der Waals surface area contributed by atoms with Crippen molar-refractivity contribution in [1.29, 1.82) is 0 Å². The number of hydrogen-bond donors (Lipinski definition) is 0. The Morgan fingerprint density at radius 3 is 2.73 bits per heavy atom. The highest BCUT2D eigenvalue weighted by molar-refractivity contribution is 7.12. The molecule has 2 aliphatic heterocycles. The Morgan fingerprint density at radius 1 is 1.19 bits per heavy atom. The van der Waals surface area contributed by atoms with Crippen molar-refractivity contribution in [2.24, 2.45) is 11.3 Å². The summed E-state index contributed by atoms with van der Waals surface area (Å²) in [6.45, 7) is 5.18. The molecule has 5 heteroatoms. The lowest BCUT2D eigenvalue weighted by Crippen LogP contribution is -2.51. The smallest absolute Gasteiger partial charge is 0.264 e. The number of thiophene rings is 1. The molecule has 1 saturated carbocycles. The quantitative estimate of drug-likeness (QED) is 0.799. The first-order valence-corrected chi connectivity index (χ1v) is 11.1. The van der Waals surface area contributed by atoms with Crippen molar-refractivity contribution in [2.45, 2.75) is 58.3 Å². The van der Waals surface area contributed by atoms with Gasteiger partial charge in [-0.1, -0.05) is 19.3 Å². The number of amides is 2. The molecule has 1 spiro atoms. The second kappa shape index (κ2) is 7.34. The molecule has 4 rings (SSSR count). The number of rotatable bonds is 3. The van der Waals surface area contributed by atoms with Gasteiger partial charge in [0.1, 0.15) is 0 Å². The number of nitrogens with zero attached hydrogens (tertiary/aromatic N) is 2. The summed E-state index contributed by atoms with van der Waals surface area (Å²) in [4.78, 5) is 31.1. The van der Waals surface area contributed by atoms with Gasteiger partial charge < -0.3 is 9.80 Å². The van der Waals surface area contributed by atoms with Crippen LogP contribution >= 0.6 is 11.3 Å². The molecule has 2 saturated heterocycles. The fraction of sp³-hybridized carbons (Fsp3) is 0.714. The highest BCUT2D eigenvalue weighted by Gasteiger charge is 2.49. The number of piperidine rings is 1. The maximum absolute atomic E-state index is 13.3. The molecule has 1 aliphatic carbocycles. The van der Waals surface area contributed by atoms with Crippen molar-refractivity contribution in [1.82, 2.24) is 9.80 Å². The Bertz CT molecular complexity index is 679. The third kappa shape index (κ3) is 3.30. The summed E-state index contributed by atoms with van der Waals surface area (Å²) in [6.07, 6.45) is 9.41. The van der Waals surface area contributed by atoms with Crippen LogP contribution in [0.25, 0.3) is 0 Å². The van der Waals surface area contributed by atoms with Gasteiger partial charge in [-0.25, -0.2) is 0 Å². The third-order valence-electron chi connectivity index (χ3n) is 6.72. The molecule has 142 valence electrons. The molecule has 4 nitrogen and oxygen atoms in total. The van der Waals surface area contributed by atoms with E-state index in [0.29, 0.717) is 18.4 Å². The molecular formula is C21H30N2O2S. The fourth-order valence-electron chi connectivity index (χ4n) is 5.17. The van der Waals surface area contributed by atoms with Crippen LogP contribution in [0.2, 0.25) is 0 Å². The minimum Gasteiger partial charge on any atom is -0.342 e. The first kappa shape index (κ1) is 18.0. The lowest BCUT2D eigenvalue weighted by molar-refractivity contribution is -0.146. The van der Waals surface area contributed by atoms with Gasteiger partial charge in [0, 0.05) is 26.2 Å². The molecule has 26 heavy (non-hydrogen) atoms. The molecular weight excluding hydrogens is 344 g/mol. The zero-order valence-electron chi connectivity index (χ0n) is 15.8. The summed E-state index contributed by atoms with van der Waals surface area (Å²) in [7, 11) is 0. The maximum Gasteiger partial charge on any atom is 0.264 e. The van der Waals surface area contributed by atoms with Gasteiger partial charge in [-0.15, -0.1) is 11.3 Å². The van der Waals surface area contributed by atoms with Gasteiger partial charge in [-0.2, -0.15) is 0 Å². The van der Waals surface area contributed by atoms with Crippen LogP contribution in [0.1, 0.15) is 66.6 Å². The van der Waals surface area contributed by atoms with Gasteiger partial charge in [0.05, 0.1) is 10.3 Å². The second-order valence-electron chi connectivity index (χ2n) is 8.55. The van der Waals surface area contributed by atoms with E-state index in [-0.39, 0.29) is 11.3 Å². The van der Waals surface area contributed by atoms with E-state index in [1.165, 1.54) is 43.4 Å². The SMILES string of the molecule is Cc1ccsc1C(=O)N1CCC2(CCCN(CC3CCCCC3)C2=O)C1. The highest BCUT2D eigenvalue weighted by Crippen LogP contribution is 2.41. The molecule has 1 unspecified atom stereocenters. The lowest BCUT2D eigenvalue weighted by atomic mass is 9.77. The average molecular weight is 375 g/mol. The van der Waals surface area contributed by atoms with Crippen LogP contribution in [0.3, 0.4) is 0 Å². The Hall–Kier alpha value is -1.36. The van der Waals surface area contributed by atoms with Gasteiger partial charge in [-0.05, 0) is 62.0 Å². The Balaban J connectivity index is 1.43. The molecule has 1 aromatic rings. The van der Waals surface area contributed by atoms with Crippen molar-refractivity contribution >= 4 is 23.2 Å². The average Bonchev–Trinajstić information content (AvgIpc) is 3.27. The van der Waals surface area contributed by atoms with Crippen LogP contribution in [0.5, 0.6) is 0 Å². The number of aryl methyl sites for hydroxylation is 1. The minimum absolute atomic E-state index is 0.117. The molecule has 3 fully saturated rings. The molecule has 0 N–H and O–H groups in total. The van der Waals surface area contributed by atoms with E-state index in [1.54, 1.807) is 0 Å². The zero-order valence-corrected chi connectivity index (χ0v) is 16.7. The van der Waals surface area contributed by atoms with Gasteiger partial charge in [0.15, 0.2) is 0 Å². The van der Waals surface area contributed by atoms with Gasteiger partial charge in [0.2, 0.25) is 5.91 Å². The molecule has 3 aliphatic rings.